The third kappa shape index (κ3) is 2.25. The summed E-state index contributed by atoms with van der Waals surface area (Å²) in [5.74, 6) is 0. The number of aldehydes is 1. The molecule has 0 aliphatic carbocycles. The van der Waals surface area contributed by atoms with Gasteiger partial charge in [0, 0.05) is 23.3 Å². The molecule has 0 aliphatic rings. The zero-order valence-electron chi connectivity index (χ0n) is 10.5. The number of benzene rings is 2. The molecule has 1 aromatic heterocycles. The first-order valence-corrected chi connectivity index (χ1v) is 6.29. The van der Waals surface area contributed by atoms with Gasteiger partial charge in [0.25, 0.3) is 0 Å². The summed E-state index contributed by atoms with van der Waals surface area (Å²) in [5.41, 5.74) is 3.06. The lowest BCUT2D eigenvalue weighted by molar-refractivity contribution is -0.662. The van der Waals surface area contributed by atoms with E-state index in [1.54, 1.807) is 0 Å². The maximum absolute atomic E-state index is 11.1. The molecular weight excluding hydrogens is 234 g/mol. The number of aromatic nitrogens is 1. The molecule has 0 bridgehead atoms. The molecule has 2 heteroatoms. The molecule has 0 unspecified atom stereocenters. The second-order valence-corrected chi connectivity index (χ2v) is 4.52. The second-order valence-electron chi connectivity index (χ2n) is 4.52. The average Bonchev–Trinajstić information content (AvgIpc) is 2.49. The minimum atomic E-state index is 0.736. The summed E-state index contributed by atoms with van der Waals surface area (Å²) in [6.07, 6.45) is 2.88. The highest BCUT2D eigenvalue weighted by Gasteiger charge is 2.11. The van der Waals surface area contributed by atoms with Gasteiger partial charge in [-0.1, -0.05) is 42.5 Å². The first-order chi connectivity index (χ1) is 9.38. The average molecular weight is 248 g/mol. The number of para-hydroxylation sites is 1. The Hall–Kier alpha value is -2.48. The Labute approximate surface area is 111 Å². The van der Waals surface area contributed by atoms with Crippen LogP contribution in [0.1, 0.15) is 15.9 Å². The van der Waals surface area contributed by atoms with E-state index in [4.69, 9.17) is 0 Å². The van der Waals surface area contributed by atoms with Gasteiger partial charge in [0.1, 0.15) is 0 Å². The molecule has 0 amide bonds. The van der Waals surface area contributed by atoms with Crippen molar-refractivity contribution < 1.29 is 9.36 Å². The summed E-state index contributed by atoms with van der Waals surface area (Å²) >= 11 is 0. The molecule has 0 radical (unpaired) electrons. The van der Waals surface area contributed by atoms with Crippen molar-refractivity contribution in [1.29, 1.82) is 0 Å². The first-order valence-electron chi connectivity index (χ1n) is 6.29. The molecule has 2 aromatic carbocycles. The number of nitrogens with zero attached hydrogens (tertiary/aromatic N) is 1. The van der Waals surface area contributed by atoms with Gasteiger partial charge in [0.15, 0.2) is 19.0 Å². The fourth-order valence-corrected chi connectivity index (χ4v) is 2.33. The largest absolute Gasteiger partial charge is 0.298 e. The van der Waals surface area contributed by atoms with Crippen LogP contribution in [0.25, 0.3) is 10.9 Å². The molecule has 3 rings (SSSR count). The van der Waals surface area contributed by atoms with Crippen LogP contribution in [0, 0.1) is 0 Å². The van der Waals surface area contributed by atoms with E-state index in [2.05, 4.69) is 16.7 Å². The normalized spacial score (nSPS) is 10.5. The number of carbonyl (C=O) groups is 1. The van der Waals surface area contributed by atoms with E-state index in [0.29, 0.717) is 0 Å². The number of rotatable bonds is 3. The van der Waals surface area contributed by atoms with Crippen LogP contribution < -0.4 is 4.57 Å². The van der Waals surface area contributed by atoms with Gasteiger partial charge in [-0.25, -0.2) is 0 Å². The van der Waals surface area contributed by atoms with Gasteiger partial charge in [0.2, 0.25) is 5.52 Å². The lowest BCUT2D eigenvalue weighted by Crippen LogP contribution is -2.34. The minimum absolute atomic E-state index is 0.736. The molecule has 2 nitrogen and oxygen atoms in total. The Bertz CT molecular complexity index is 720. The topological polar surface area (TPSA) is 20.9 Å². The number of pyridine rings is 1. The fraction of sp³-hybridized carbons (Fsp3) is 0.0588. The number of fused-ring (bicyclic) bond motifs is 1. The van der Waals surface area contributed by atoms with Gasteiger partial charge in [-0.3, -0.25) is 4.79 Å². The summed E-state index contributed by atoms with van der Waals surface area (Å²) in [6.45, 7) is 0.806. The van der Waals surface area contributed by atoms with Crippen molar-refractivity contribution in [2.45, 2.75) is 6.54 Å². The van der Waals surface area contributed by atoms with E-state index in [1.807, 2.05) is 54.7 Å². The zero-order chi connectivity index (χ0) is 13.1. The number of carbonyl (C=O) groups excluding carboxylic acids is 1. The molecule has 0 fully saturated rings. The van der Waals surface area contributed by atoms with Crippen LogP contribution in [0.2, 0.25) is 0 Å². The summed E-state index contributed by atoms with van der Waals surface area (Å²) in [5, 5.41) is 0.996. The van der Waals surface area contributed by atoms with Gasteiger partial charge in [-0.05, 0) is 6.07 Å². The first kappa shape index (κ1) is 11.6. The highest BCUT2D eigenvalue weighted by atomic mass is 16.1. The van der Waals surface area contributed by atoms with E-state index in [1.165, 1.54) is 5.56 Å². The third-order valence-corrected chi connectivity index (χ3v) is 3.28. The van der Waals surface area contributed by atoms with E-state index in [0.717, 1.165) is 29.3 Å². The Morgan fingerprint density at radius 2 is 1.63 bits per heavy atom. The van der Waals surface area contributed by atoms with Crippen LogP contribution in [0.4, 0.5) is 0 Å². The van der Waals surface area contributed by atoms with Crippen LogP contribution in [0.3, 0.4) is 0 Å². The SMILES string of the molecule is O=Cc1cc[n+](Cc2ccccc2)c2ccccc12. The highest BCUT2D eigenvalue weighted by Crippen LogP contribution is 2.13. The van der Waals surface area contributed by atoms with Crippen molar-refractivity contribution in [3.63, 3.8) is 0 Å². The van der Waals surface area contributed by atoms with E-state index in [-0.39, 0.29) is 0 Å². The van der Waals surface area contributed by atoms with Gasteiger partial charge in [-0.2, -0.15) is 4.57 Å². The number of hydrogen-bond donors (Lipinski definition) is 0. The molecule has 92 valence electrons. The van der Waals surface area contributed by atoms with E-state index < -0.39 is 0 Å². The molecule has 0 aliphatic heterocycles. The quantitative estimate of drug-likeness (QED) is 0.515. The summed E-state index contributed by atoms with van der Waals surface area (Å²) < 4.78 is 2.16. The zero-order valence-corrected chi connectivity index (χ0v) is 10.5. The Morgan fingerprint density at radius 1 is 0.895 bits per heavy atom. The van der Waals surface area contributed by atoms with E-state index >= 15 is 0 Å². The second kappa shape index (κ2) is 5.02. The molecule has 0 N–H and O–H groups in total. The minimum Gasteiger partial charge on any atom is -0.298 e. The van der Waals surface area contributed by atoms with Crippen LogP contribution >= 0.6 is 0 Å². The van der Waals surface area contributed by atoms with Crippen molar-refractivity contribution in [2.24, 2.45) is 0 Å². The van der Waals surface area contributed by atoms with Crippen molar-refractivity contribution in [1.82, 2.24) is 0 Å². The predicted octanol–water partition coefficient (Wildman–Crippen LogP) is 2.99. The monoisotopic (exact) mass is 248 g/mol. The summed E-state index contributed by atoms with van der Waals surface area (Å²) in [7, 11) is 0. The molecule has 19 heavy (non-hydrogen) atoms. The van der Waals surface area contributed by atoms with Crippen molar-refractivity contribution in [3.8, 4) is 0 Å². The standard InChI is InChI=1S/C17H14NO/c19-13-15-10-11-18(12-14-6-2-1-3-7-14)17-9-5-4-8-16(15)17/h1-11,13H,12H2/q+1. The summed E-state index contributed by atoms with van der Waals surface area (Å²) in [4.78, 5) is 11.1. The maximum atomic E-state index is 11.1. The smallest absolute Gasteiger partial charge is 0.213 e. The van der Waals surface area contributed by atoms with Crippen LogP contribution in [0.5, 0.6) is 0 Å². The third-order valence-electron chi connectivity index (χ3n) is 3.28. The molecular formula is C17H14NO+. The summed E-state index contributed by atoms with van der Waals surface area (Å²) in [6, 6.07) is 20.2. The molecule has 0 spiro atoms. The van der Waals surface area contributed by atoms with Crippen LogP contribution in [0.15, 0.2) is 66.9 Å². The van der Waals surface area contributed by atoms with Crippen molar-refractivity contribution >= 4 is 17.2 Å². The van der Waals surface area contributed by atoms with Crippen LogP contribution in [-0.4, -0.2) is 6.29 Å². The number of hydrogen-bond acceptors (Lipinski definition) is 1. The lowest BCUT2D eigenvalue weighted by Gasteiger charge is -2.03. The van der Waals surface area contributed by atoms with Crippen molar-refractivity contribution in [3.05, 3.63) is 78.0 Å². The fourth-order valence-electron chi connectivity index (χ4n) is 2.33. The van der Waals surface area contributed by atoms with Gasteiger partial charge in [0.05, 0.1) is 5.39 Å². The van der Waals surface area contributed by atoms with Crippen molar-refractivity contribution in [2.75, 3.05) is 0 Å². The Morgan fingerprint density at radius 3 is 2.42 bits per heavy atom. The van der Waals surface area contributed by atoms with Gasteiger partial charge < -0.3 is 0 Å². The molecule has 0 atom stereocenters. The van der Waals surface area contributed by atoms with Gasteiger partial charge >= 0.3 is 0 Å². The molecule has 3 aromatic rings. The molecule has 0 saturated carbocycles. The van der Waals surface area contributed by atoms with E-state index in [9.17, 15) is 4.79 Å². The molecule has 0 saturated heterocycles. The maximum Gasteiger partial charge on any atom is 0.213 e. The van der Waals surface area contributed by atoms with Crippen LogP contribution in [-0.2, 0) is 6.54 Å². The highest BCUT2D eigenvalue weighted by molar-refractivity contribution is 5.94. The Balaban J connectivity index is 2.12. The van der Waals surface area contributed by atoms with Gasteiger partial charge in [-0.15, -0.1) is 0 Å². The Kier molecular flexibility index (Phi) is 3.07. The molecule has 1 heterocycles. The lowest BCUT2D eigenvalue weighted by atomic mass is 10.1. The predicted molar refractivity (Wildman–Crippen MR) is 75.1 cm³/mol.